The van der Waals surface area contributed by atoms with Gasteiger partial charge in [-0.3, -0.25) is 0 Å². The number of carboxylic acids is 1. The zero-order valence-corrected chi connectivity index (χ0v) is 11.0. The molecule has 0 aromatic heterocycles. The number of aromatic carboxylic acids is 1. The Morgan fingerprint density at radius 3 is 2.35 bits per heavy atom. The van der Waals surface area contributed by atoms with E-state index in [9.17, 15) is 4.79 Å². The fraction of sp³-hybridized carbons (Fsp3) is 0.462. The lowest BCUT2D eigenvalue weighted by molar-refractivity contribution is 0.0697. The van der Waals surface area contributed by atoms with Crippen molar-refractivity contribution < 1.29 is 9.90 Å². The standard InChI is InChI=1S/C13H18ClNO2/c1-3-7-15(8-4-2)12-9-10(13(16)17)5-6-11(12)14/h5-6,9H,3-4,7-8H2,1-2H3,(H,16,17). The molecule has 0 heterocycles. The van der Waals surface area contributed by atoms with Crippen molar-refractivity contribution in [3.05, 3.63) is 28.8 Å². The van der Waals surface area contributed by atoms with Gasteiger partial charge in [-0.25, -0.2) is 4.79 Å². The van der Waals surface area contributed by atoms with E-state index in [-0.39, 0.29) is 5.56 Å². The number of nitrogens with zero attached hydrogens (tertiary/aromatic N) is 1. The highest BCUT2D eigenvalue weighted by molar-refractivity contribution is 6.33. The lowest BCUT2D eigenvalue weighted by Gasteiger charge is -2.25. The highest BCUT2D eigenvalue weighted by Gasteiger charge is 2.12. The quantitative estimate of drug-likeness (QED) is 0.843. The van der Waals surface area contributed by atoms with E-state index < -0.39 is 5.97 Å². The molecule has 0 radical (unpaired) electrons. The molecule has 0 amide bonds. The molecule has 0 bridgehead atoms. The molecule has 1 aromatic carbocycles. The van der Waals surface area contributed by atoms with E-state index in [1.165, 1.54) is 6.07 Å². The lowest BCUT2D eigenvalue weighted by Crippen LogP contribution is -2.25. The van der Waals surface area contributed by atoms with Gasteiger partial charge in [-0.05, 0) is 31.0 Å². The fourth-order valence-corrected chi connectivity index (χ4v) is 2.02. The number of carbonyl (C=O) groups is 1. The van der Waals surface area contributed by atoms with Gasteiger partial charge in [-0.1, -0.05) is 25.4 Å². The maximum atomic E-state index is 10.9. The van der Waals surface area contributed by atoms with E-state index in [1.54, 1.807) is 12.1 Å². The Bertz CT molecular complexity index is 387. The maximum Gasteiger partial charge on any atom is 0.335 e. The van der Waals surface area contributed by atoms with Crippen LogP contribution in [0.2, 0.25) is 5.02 Å². The van der Waals surface area contributed by atoms with E-state index in [1.807, 2.05) is 0 Å². The summed E-state index contributed by atoms with van der Waals surface area (Å²) in [5.74, 6) is -0.920. The zero-order valence-electron chi connectivity index (χ0n) is 10.2. The Kier molecular flexibility index (Phi) is 5.29. The average Bonchev–Trinajstić information content (AvgIpc) is 2.29. The lowest BCUT2D eigenvalue weighted by atomic mass is 10.1. The molecule has 3 nitrogen and oxygen atoms in total. The van der Waals surface area contributed by atoms with Gasteiger partial charge in [0.2, 0.25) is 0 Å². The van der Waals surface area contributed by atoms with E-state index in [4.69, 9.17) is 16.7 Å². The van der Waals surface area contributed by atoms with Crippen molar-refractivity contribution in [2.24, 2.45) is 0 Å². The molecule has 0 aliphatic rings. The van der Waals surface area contributed by atoms with Gasteiger partial charge in [-0.2, -0.15) is 0 Å². The first-order chi connectivity index (χ1) is 8.10. The van der Waals surface area contributed by atoms with Crippen molar-refractivity contribution in [2.45, 2.75) is 26.7 Å². The van der Waals surface area contributed by atoms with E-state index in [2.05, 4.69) is 18.7 Å². The van der Waals surface area contributed by atoms with E-state index in [0.29, 0.717) is 5.02 Å². The van der Waals surface area contributed by atoms with Crippen molar-refractivity contribution in [3.8, 4) is 0 Å². The van der Waals surface area contributed by atoms with Crippen LogP contribution in [0.5, 0.6) is 0 Å². The second-order valence-corrected chi connectivity index (χ2v) is 4.37. The summed E-state index contributed by atoms with van der Waals surface area (Å²) in [5.41, 5.74) is 1.09. The van der Waals surface area contributed by atoms with Crippen molar-refractivity contribution >= 4 is 23.3 Å². The van der Waals surface area contributed by atoms with Crippen LogP contribution in [0.3, 0.4) is 0 Å². The summed E-state index contributed by atoms with van der Waals surface area (Å²) in [7, 11) is 0. The van der Waals surface area contributed by atoms with Crippen LogP contribution in [-0.4, -0.2) is 24.2 Å². The highest BCUT2D eigenvalue weighted by Crippen LogP contribution is 2.27. The molecule has 4 heteroatoms. The zero-order chi connectivity index (χ0) is 12.8. The van der Waals surface area contributed by atoms with Crippen molar-refractivity contribution in [3.63, 3.8) is 0 Å². The number of anilines is 1. The van der Waals surface area contributed by atoms with Crippen LogP contribution in [0, 0.1) is 0 Å². The molecule has 0 aliphatic heterocycles. The van der Waals surface area contributed by atoms with Crippen LogP contribution >= 0.6 is 11.6 Å². The van der Waals surface area contributed by atoms with Crippen LogP contribution in [0.25, 0.3) is 0 Å². The number of halogens is 1. The third kappa shape index (κ3) is 3.63. The summed E-state index contributed by atoms with van der Waals surface area (Å²) in [6.45, 7) is 5.96. The topological polar surface area (TPSA) is 40.5 Å². The van der Waals surface area contributed by atoms with Crippen LogP contribution in [0.1, 0.15) is 37.0 Å². The molecule has 0 aliphatic carbocycles. The van der Waals surface area contributed by atoms with Gasteiger partial charge in [-0.15, -0.1) is 0 Å². The second-order valence-electron chi connectivity index (χ2n) is 3.96. The minimum absolute atomic E-state index is 0.279. The summed E-state index contributed by atoms with van der Waals surface area (Å²) in [4.78, 5) is 13.1. The Hall–Kier alpha value is -1.22. The minimum Gasteiger partial charge on any atom is -0.478 e. The smallest absolute Gasteiger partial charge is 0.335 e. The van der Waals surface area contributed by atoms with Gasteiger partial charge >= 0.3 is 5.97 Å². The summed E-state index contributed by atoms with van der Waals surface area (Å²) in [5, 5.41) is 9.59. The first-order valence-electron chi connectivity index (χ1n) is 5.88. The monoisotopic (exact) mass is 255 g/mol. The minimum atomic E-state index is -0.920. The predicted molar refractivity (Wildman–Crippen MR) is 71.2 cm³/mol. The van der Waals surface area contributed by atoms with Crippen molar-refractivity contribution in [1.82, 2.24) is 0 Å². The van der Waals surface area contributed by atoms with Crippen LogP contribution in [-0.2, 0) is 0 Å². The van der Waals surface area contributed by atoms with Crippen molar-refractivity contribution in [1.29, 1.82) is 0 Å². The van der Waals surface area contributed by atoms with Gasteiger partial charge in [0.1, 0.15) is 0 Å². The predicted octanol–water partition coefficient (Wildman–Crippen LogP) is 3.66. The summed E-state index contributed by atoms with van der Waals surface area (Å²) >= 11 is 6.13. The van der Waals surface area contributed by atoms with Gasteiger partial charge in [0.25, 0.3) is 0 Å². The molecule has 17 heavy (non-hydrogen) atoms. The summed E-state index contributed by atoms with van der Waals surface area (Å²) in [6, 6.07) is 4.83. The molecule has 1 rings (SSSR count). The van der Waals surface area contributed by atoms with Crippen LogP contribution in [0.4, 0.5) is 5.69 Å². The Morgan fingerprint density at radius 1 is 1.29 bits per heavy atom. The molecule has 1 aromatic rings. The number of hydrogen-bond acceptors (Lipinski definition) is 2. The van der Waals surface area contributed by atoms with Gasteiger partial charge in [0, 0.05) is 13.1 Å². The number of benzene rings is 1. The molecule has 0 fully saturated rings. The molecule has 94 valence electrons. The largest absolute Gasteiger partial charge is 0.478 e. The molecule has 0 atom stereocenters. The molecule has 0 saturated heterocycles. The van der Waals surface area contributed by atoms with Crippen LogP contribution in [0.15, 0.2) is 18.2 Å². The SMILES string of the molecule is CCCN(CCC)c1cc(C(=O)O)ccc1Cl. The Balaban J connectivity index is 3.07. The normalized spacial score (nSPS) is 10.3. The first kappa shape index (κ1) is 13.8. The van der Waals surface area contributed by atoms with E-state index >= 15 is 0 Å². The second kappa shape index (κ2) is 6.50. The number of hydrogen-bond donors (Lipinski definition) is 1. The number of carboxylic acid groups (broad SMARTS) is 1. The molecule has 0 spiro atoms. The summed E-state index contributed by atoms with van der Waals surface area (Å²) in [6.07, 6.45) is 2.02. The molecule has 1 N–H and O–H groups in total. The van der Waals surface area contributed by atoms with Gasteiger partial charge in [0.15, 0.2) is 0 Å². The fourth-order valence-electron chi connectivity index (χ4n) is 1.78. The molecular formula is C13H18ClNO2. The number of rotatable bonds is 6. The molecule has 0 saturated carbocycles. The molecular weight excluding hydrogens is 238 g/mol. The summed E-state index contributed by atoms with van der Waals surface area (Å²) < 4.78 is 0. The Labute approximate surface area is 107 Å². The Morgan fingerprint density at radius 2 is 1.88 bits per heavy atom. The van der Waals surface area contributed by atoms with E-state index in [0.717, 1.165) is 31.6 Å². The molecule has 0 unspecified atom stereocenters. The van der Waals surface area contributed by atoms with Gasteiger partial charge in [0.05, 0.1) is 16.3 Å². The first-order valence-corrected chi connectivity index (χ1v) is 6.25. The van der Waals surface area contributed by atoms with Crippen molar-refractivity contribution in [2.75, 3.05) is 18.0 Å². The highest BCUT2D eigenvalue weighted by atomic mass is 35.5. The van der Waals surface area contributed by atoms with Gasteiger partial charge < -0.3 is 10.0 Å². The van der Waals surface area contributed by atoms with Crippen LogP contribution < -0.4 is 4.90 Å². The maximum absolute atomic E-state index is 10.9. The average molecular weight is 256 g/mol. The third-order valence-electron chi connectivity index (χ3n) is 2.52. The third-order valence-corrected chi connectivity index (χ3v) is 2.84.